The second kappa shape index (κ2) is 9.29. The monoisotopic (exact) mass is 395 g/mol. The van der Waals surface area contributed by atoms with Crippen molar-refractivity contribution < 1.29 is 14.3 Å². The summed E-state index contributed by atoms with van der Waals surface area (Å²) >= 11 is 6.06. The van der Waals surface area contributed by atoms with Crippen LogP contribution in [0, 0.1) is 0 Å². The van der Waals surface area contributed by atoms with Crippen molar-refractivity contribution in [3.05, 3.63) is 88.9 Å². The van der Waals surface area contributed by atoms with E-state index in [4.69, 9.17) is 21.1 Å². The van der Waals surface area contributed by atoms with Crippen LogP contribution in [0.5, 0.6) is 11.5 Å². The molecule has 4 nitrogen and oxygen atoms in total. The molecule has 0 unspecified atom stereocenters. The van der Waals surface area contributed by atoms with Crippen molar-refractivity contribution in [3.63, 3.8) is 0 Å². The van der Waals surface area contributed by atoms with E-state index in [0.717, 1.165) is 12.1 Å². The highest BCUT2D eigenvalue weighted by molar-refractivity contribution is 6.31. The second-order valence-corrected chi connectivity index (χ2v) is 6.73. The summed E-state index contributed by atoms with van der Waals surface area (Å²) in [7, 11) is 3.24. The Bertz CT molecular complexity index is 944. The molecular weight excluding hydrogens is 374 g/mol. The molecule has 0 spiro atoms. The van der Waals surface area contributed by atoms with Crippen LogP contribution >= 0.6 is 11.6 Å². The third kappa shape index (κ3) is 4.84. The van der Waals surface area contributed by atoms with Gasteiger partial charge in [0, 0.05) is 30.2 Å². The first kappa shape index (κ1) is 19.8. The third-order valence-electron chi connectivity index (χ3n) is 4.40. The molecule has 0 saturated heterocycles. The van der Waals surface area contributed by atoms with E-state index in [-0.39, 0.29) is 5.91 Å². The highest BCUT2D eigenvalue weighted by Crippen LogP contribution is 2.27. The number of hydrogen-bond donors (Lipinski definition) is 0. The molecule has 0 saturated carbocycles. The first-order valence-electron chi connectivity index (χ1n) is 8.97. The number of carbonyl (C=O) groups is 1. The van der Waals surface area contributed by atoms with Crippen LogP contribution in [-0.2, 0) is 6.42 Å². The maximum Gasteiger partial charge on any atom is 0.261 e. The summed E-state index contributed by atoms with van der Waals surface area (Å²) in [6, 6.07) is 22.6. The lowest BCUT2D eigenvalue weighted by atomic mass is 10.1. The molecule has 0 fully saturated rings. The average Bonchev–Trinajstić information content (AvgIpc) is 2.73. The van der Waals surface area contributed by atoms with Gasteiger partial charge in [0.15, 0.2) is 0 Å². The van der Waals surface area contributed by atoms with Crippen molar-refractivity contribution in [1.82, 2.24) is 0 Å². The van der Waals surface area contributed by atoms with Crippen molar-refractivity contribution in [2.45, 2.75) is 6.42 Å². The van der Waals surface area contributed by atoms with Gasteiger partial charge < -0.3 is 14.4 Å². The summed E-state index contributed by atoms with van der Waals surface area (Å²) in [5.41, 5.74) is 2.36. The Kier molecular flexibility index (Phi) is 6.56. The maximum atomic E-state index is 12.9. The molecule has 5 heteroatoms. The highest BCUT2D eigenvalue weighted by atomic mass is 35.5. The summed E-state index contributed by atoms with van der Waals surface area (Å²) in [5.74, 6) is 0.989. The van der Waals surface area contributed by atoms with E-state index in [1.54, 1.807) is 30.1 Å². The lowest BCUT2D eigenvalue weighted by Gasteiger charge is -2.20. The number of carbonyl (C=O) groups excluding carboxylic acids is 1. The number of ether oxygens (including phenoxy) is 2. The van der Waals surface area contributed by atoms with Crippen molar-refractivity contribution in [3.8, 4) is 11.5 Å². The Balaban J connectivity index is 1.70. The minimum atomic E-state index is -0.208. The minimum Gasteiger partial charge on any atom is -0.496 e. The molecule has 0 aromatic heterocycles. The predicted octanol–water partition coefficient (Wildman–Crippen LogP) is 5.25. The average molecular weight is 396 g/mol. The molecule has 28 heavy (non-hydrogen) atoms. The zero-order chi connectivity index (χ0) is 19.9. The van der Waals surface area contributed by atoms with Gasteiger partial charge in [-0.15, -0.1) is 0 Å². The van der Waals surface area contributed by atoms with Crippen molar-refractivity contribution in [1.29, 1.82) is 0 Å². The number of hydrogen-bond acceptors (Lipinski definition) is 3. The van der Waals surface area contributed by atoms with Gasteiger partial charge in [-0.2, -0.15) is 0 Å². The van der Waals surface area contributed by atoms with Crippen LogP contribution in [0.2, 0.25) is 5.02 Å². The molecule has 144 valence electrons. The molecule has 1 amide bonds. The van der Waals surface area contributed by atoms with Gasteiger partial charge in [0.05, 0.1) is 19.3 Å². The van der Waals surface area contributed by atoms with E-state index in [1.165, 1.54) is 12.7 Å². The Morgan fingerprint density at radius 2 is 1.79 bits per heavy atom. The van der Waals surface area contributed by atoms with Gasteiger partial charge in [-0.3, -0.25) is 4.79 Å². The van der Waals surface area contributed by atoms with E-state index in [1.807, 2.05) is 42.5 Å². The van der Waals surface area contributed by atoms with E-state index in [9.17, 15) is 4.79 Å². The summed E-state index contributed by atoms with van der Waals surface area (Å²) in [4.78, 5) is 14.5. The summed E-state index contributed by atoms with van der Waals surface area (Å²) in [6.07, 6.45) is 0.819. The zero-order valence-electron chi connectivity index (χ0n) is 15.9. The first-order chi connectivity index (χ1) is 13.6. The quantitative estimate of drug-likeness (QED) is 0.548. The molecule has 0 aliphatic heterocycles. The normalized spacial score (nSPS) is 10.4. The molecule has 0 aliphatic rings. The lowest BCUT2D eigenvalue weighted by molar-refractivity contribution is 0.0990. The van der Waals surface area contributed by atoms with E-state index >= 15 is 0 Å². The Morgan fingerprint density at radius 1 is 1.00 bits per heavy atom. The van der Waals surface area contributed by atoms with Gasteiger partial charge in [-0.05, 0) is 35.9 Å². The first-order valence-corrected chi connectivity index (χ1v) is 9.34. The standard InChI is InChI=1S/C23H22ClNO3/c1-25(23(26)21-15-18(24)11-12-22(21)27-2)19-9-6-10-20(16-19)28-14-13-17-7-4-3-5-8-17/h3-12,15-16H,13-14H2,1-2H3. The van der Waals surface area contributed by atoms with Crippen LogP contribution in [0.4, 0.5) is 5.69 Å². The lowest BCUT2D eigenvalue weighted by Crippen LogP contribution is -2.26. The van der Waals surface area contributed by atoms with Gasteiger partial charge in [0.1, 0.15) is 11.5 Å². The second-order valence-electron chi connectivity index (χ2n) is 6.29. The van der Waals surface area contributed by atoms with Crippen molar-refractivity contribution in [2.75, 3.05) is 25.7 Å². The van der Waals surface area contributed by atoms with Crippen LogP contribution in [0.25, 0.3) is 0 Å². The molecule has 0 N–H and O–H groups in total. The summed E-state index contributed by atoms with van der Waals surface area (Å²) in [6.45, 7) is 0.563. The number of benzene rings is 3. The molecule has 0 aliphatic carbocycles. The van der Waals surface area contributed by atoms with Crippen molar-refractivity contribution >= 4 is 23.2 Å². The van der Waals surface area contributed by atoms with E-state index in [0.29, 0.717) is 28.7 Å². The SMILES string of the molecule is COc1ccc(Cl)cc1C(=O)N(C)c1cccc(OCCc2ccccc2)c1. The third-order valence-corrected chi connectivity index (χ3v) is 4.64. The Labute approximate surface area is 170 Å². The summed E-state index contributed by atoms with van der Waals surface area (Å²) in [5, 5.41) is 0.482. The zero-order valence-corrected chi connectivity index (χ0v) is 16.6. The molecule has 3 aromatic carbocycles. The molecule has 0 bridgehead atoms. The molecule has 0 heterocycles. The van der Waals surface area contributed by atoms with Gasteiger partial charge in [-0.1, -0.05) is 48.0 Å². The number of nitrogens with zero attached hydrogens (tertiary/aromatic N) is 1. The number of rotatable bonds is 7. The number of anilines is 1. The van der Waals surface area contributed by atoms with E-state index in [2.05, 4.69) is 12.1 Å². The summed E-state index contributed by atoms with van der Waals surface area (Å²) < 4.78 is 11.2. The van der Waals surface area contributed by atoms with Gasteiger partial charge in [-0.25, -0.2) is 0 Å². The fourth-order valence-electron chi connectivity index (χ4n) is 2.86. The molecule has 3 rings (SSSR count). The molecule has 3 aromatic rings. The largest absolute Gasteiger partial charge is 0.496 e. The van der Waals surface area contributed by atoms with Gasteiger partial charge in [0.25, 0.3) is 5.91 Å². The highest BCUT2D eigenvalue weighted by Gasteiger charge is 2.19. The maximum absolute atomic E-state index is 12.9. The van der Waals surface area contributed by atoms with Crippen LogP contribution < -0.4 is 14.4 Å². The minimum absolute atomic E-state index is 0.208. The van der Waals surface area contributed by atoms with Crippen LogP contribution in [0.1, 0.15) is 15.9 Å². The Morgan fingerprint density at radius 3 is 2.54 bits per heavy atom. The predicted molar refractivity (Wildman–Crippen MR) is 113 cm³/mol. The van der Waals surface area contributed by atoms with Gasteiger partial charge >= 0.3 is 0 Å². The van der Waals surface area contributed by atoms with Crippen LogP contribution in [0.3, 0.4) is 0 Å². The molecule has 0 atom stereocenters. The van der Waals surface area contributed by atoms with Crippen LogP contribution in [-0.4, -0.2) is 26.7 Å². The smallest absolute Gasteiger partial charge is 0.261 e. The fourth-order valence-corrected chi connectivity index (χ4v) is 3.03. The molecule has 0 radical (unpaired) electrons. The number of amides is 1. The number of methoxy groups -OCH3 is 1. The van der Waals surface area contributed by atoms with Crippen LogP contribution in [0.15, 0.2) is 72.8 Å². The Hall–Kier alpha value is -2.98. The van der Waals surface area contributed by atoms with Gasteiger partial charge in [0.2, 0.25) is 0 Å². The number of halogens is 1. The van der Waals surface area contributed by atoms with E-state index < -0.39 is 0 Å². The topological polar surface area (TPSA) is 38.8 Å². The van der Waals surface area contributed by atoms with Crippen molar-refractivity contribution in [2.24, 2.45) is 0 Å². The molecular formula is C23H22ClNO3. The fraction of sp³-hybridized carbons (Fsp3) is 0.174.